The number of hydrogen-bond donors (Lipinski definition) is 2. The predicted octanol–water partition coefficient (Wildman–Crippen LogP) is 3.28. The third kappa shape index (κ3) is 3.11. The number of ether oxygens (including phenoxy) is 4. The van der Waals surface area contributed by atoms with Crippen molar-refractivity contribution in [2.75, 3.05) is 21.3 Å². The molecule has 2 heterocycles. The smallest absolute Gasteiger partial charge is 0.312 e. The van der Waals surface area contributed by atoms with Crippen molar-refractivity contribution in [1.29, 1.82) is 0 Å². The summed E-state index contributed by atoms with van der Waals surface area (Å²) in [6, 6.07) is 17.9. The molecule has 5 atom stereocenters. The maximum absolute atomic E-state index is 13.2. The molecule has 1 saturated carbocycles. The van der Waals surface area contributed by atoms with Crippen LogP contribution in [0.2, 0.25) is 0 Å². The van der Waals surface area contributed by atoms with Crippen LogP contribution in [0, 0.1) is 5.92 Å². The van der Waals surface area contributed by atoms with Gasteiger partial charge in [-0.05, 0) is 23.3 Å². The predicted molar refractivity (Wildman–Crippen MR) is 128 cm³/mol. The van der Waals surface area contributed by atoms with Gasteiger partial charge in [0.15, 0.2) is 11.2 Å². The van der Waals surface area contributed by atoms with E-state index < -0.39 is 35.1 Å². The lowest BCUT2D eigenvalue weighted by molar-refractivity contribution is -0.161. The van der Waals surface area contributed by atoms with E-state index in [1.807, 2.05) is 42.5 Å². The molecule has 8 nitrogen and oxygen atoms in total. The fourth-order valence-corrected chi connectivity index (χ4v) is 5.89. The van der Waals surface area contributed by atoms with Gasteiger partial charge < -0.3 is 29.2 Å². The number of nitrogens with zero attached hydrogens (tertiary/aromatic N) is 1. The highest BCUT2D eigenvalue weighted by molar-refractivity contribution is 9.10. The number of fused-ring (bicyclic) bond motifs is 3. The molecule has 1 aliphatic carbocycles. The molecule has 2 N–H and O–H groups in total. The van der Waals surface area contributed by atoms with Gasteiger partial charge in [0.1, 0.15) is 11.9 Å². The molecule has 1 fully saturated rings. The summed E-state index contributed by atoms with van der Waals surface area (Å²) < 4.78 is 23.4. The lowest BCUT2D eigenvalue weighted by atomic mass is 9.71. The van der Waals surface area contributed by atoms with Crippen molar-refractivity contribution in [2.45, 2.75) is 23.2 Å². The van der Waals surface area contributed by atoms with Gasteiger partial charge in [-0.15, -0.1) is 0 Å². The number of aliphatic hydroxyl groups excluding tert-OH is 1. The van der Waals surface area contributed by atoms with Crippen LogP contribution in [0.1, 0.15) is 22.6 Å². The van der Waals surface area contributed by atoms with Crippen molar-refractivity contribution in [3.8, 4) is 17.5 Å². The number of carbonyl (C=O) groups excluding carboxylic acids is 1. The van der Waals surface area contributed by atoms with Gasteiger partial charge >= 0.3 is 5.97 Å². The molecule has 182 valence electrons. The summed E-state index contributed by atoms with van der Waals surface area (Å²) in [5.74, 6) is -2.18. The fourth-order valence-electron chi connectivity index (χ4n) is 5.62. The Morgan fingerprint density at radius 1 is 1.06 bits per heavy atom. The van der Waals surface area contributed by atoms with E-state index in [2.05, 4.69) is 20.9 Å². The second-order valence-corrected chi connectivity index (χ2v) is 9.46. The molecule has 0 unspecified atom stereocenters. The lowest BCUT2D eigenvalue weighted by Crippen LogP contribution is -2.52. The number of esters is 1. The first kappa shape index (κ1) is 23.6. The largest absolute Gasteiger partial charge is 0.481 e. The third-order valence-corrected chi connectivity index (χ3v) is 7.55. The Morgan fingerprint density at radius 3 is 2.34 bits per heavy atom. The van der Waals surface area contributed by atoms with Crippen LogP contribution in [-0.2, 0) is 20.7 Å². The number of methoxy groups -OCH3 is 3. The van der Waals surface area contributed by atoms with Crippen molar-refractivity contribution >= 4 is 21.9 Å². The van der Waals surface area contributed by atoms with E-state index in [-0.39, 0.29) is 23.1 Å². The van der Waals surface area contributed by atoms with Crippen LogP contribution in [0.5, 0.6) is 17.5 Å². The minimum atomic E-state index is -2.12. The number of hydrogen-bond acceptors (Lipinski definition) is 8. The fraction of sp³-hybridized carbons (Fsp3) is 0.308. The standard InChI is InChI=1S/C26H24BrNO7/c1-32-18-13-17-21(23(28-18)33-2)25(31)22(29)19(24(30)34-3)20(14-7-5-4-6-8-14)26(25,35-17)15-9-11-16(27)12-10-15/h4-13,19-20,22,29,31H,1-3H3/t19-,20-,22-,25+,26+/m1/s1. The molecule has 0 saturated heterocycles. The van der Waals surface area contributed by atoms with Gasteiger partial charge in [0.05, 0.1) is 32.8 Å². The number of rotatable bonds is 5. The van der Waals surface area contributed by atoms with Crippen LogP contribution in [0.4, 0.5) is 0 Å². The second kappa shape index (κ2) is 8.51. The maximum Gasteiger partial charge on any atom is 0.312 e. The molecule has 3 aromatic rings. The molecule has 9 heteroatoms. The van der Waals surface area contributed by atoms with E-state index in [0.717, 1.165) is 4.47 Å². The number of benzene rings is 2. The Bertz CT molecular complexity index is 1270. The molecule has 1 aliphatic heterocycles. The van der Waals surface area contributed by atoms with E-state index in [0.29, 0.717) is 11.1 Å². The van der Waals surface area contributed by atoms with Crippen LogP contribution < -0.4 is 14.2 Å². The molecule has 35 heavy (non-hydrogen) atoms. The number of aliphatic hydroxyl groups is 2. The van der Waals surface area contributed by atoms with Gasteiger partial charge in [-0.1, -0.05) is 58.4 Å². The zero-order valence-corrected chi connectivity index (χ0v) is 20.9. The van der Waals surface area contributed by atoms with Gasteiger partial charge in [0.2, 0.25) is 11.8 Å². The number of carbonyl (C=O) groups is 1. The SMILES string of the molecule is COC(=O)[C@H]1[C@@H](O)[C@@]2(O)c3c(cc(OC)nc3OC)O[C@@]2(c2ccc(Br)cc2)[C@@H]1c1ccccc1. The minimum Gasteiger partial charge on any atom is -0.481 e. The molecular formula is C26H24BrNO7. The molecule has 2 aromatic carbocycles. The Balaban J connectivity index is 1.89. The summed E-state index contributed by atoms with van der Waals surface area (Å²) in [5.41, 5.74) is -2.37. The van der Waals surface area contributed by atoms with E-state index in [4.69, 9.17) is 18.9 Å². The van der Waals surface area contributed by atoms with Crippen LogP contribution in [0.3, 0.4) is 0 Å². The quantitative estimate of drug-likeness (QED) is 0.474. The first-order valence-electron chi connectivity index (χ1n) is 10.9. The molecule has 5 rings (SSSR count). The monoisotopic (exact) mass is 541 g/mol. The summed E-state index contributed by atoms with van der Waals surface area (Å²) in [6.45, 7) is 0. The van der Waals surface area contributed by atoms with E-state index in [9.17, 15) is 15.0 Å². The Morgan fingerprint density at radius 2 is 1.74 bits per heavy atom. The highest BCUT2D eigenvalue weighted by atomic mass is 79.9. The second-order valence-electron chi connectivity index (χ2n) is 8.54. The van der Waals surface area contributed by atoms with Crippen molar-refractivity contribution in [3.63, 3.8) is 0 Å². The lowest BCUT2D eigenvalue weighted by Gasteiger charge is -2.40. The molecule has 0 amide bonds. The van der Waals surface area contributed by atoms with Crippen molar-refractivity contribution < 1.29 is 34.0 Å². The third-order valence-electron chi connectivity index (χ3n) is 7.02. The molecule has 0 spiro atoms. The van der Waals surface area contributed by atoms with Gasteiger partial charge in [-0.25, -0.2) is 0 Å². The average Bonchev–Trinajstić information content (AvgIpc) is 3.26. The van der Waals surface area contributed by atoms with E-state index in [1.165, 1.54) is 27.4 Å². The van der Waals surface area contributed by atoms with Crippen LogP contribution in [0.15, 0.2) is 65.1 Å². The molecule has 1 aromatic heterocycles. The Kier molecular flexibility index (Phi) is 5.74. The van der Waals surface area contributed by atoms with Crippen LogP contribution in [0.25, 0.3) is 0 Å². The Labute approximate surface area is 210 Å². The average molecular weight is 542 g/mol. The summed E-state index contributed by atoms with van der Waals surface area (Å²) in [6.07, 6.45) is -1.62. The Hall–Kier alpha value is -3.14. The van der Waals surface area contributed by atoms with E-state index in [1.54, 1.807) is 12.1 Å². The highest BCUT2D eigenvalue weighted by Crippen LogP contribution is 2.70. The zero-order valence-electron chi connectivity index (χ0n) is 19.3. The summed E-state index contributed by atoms with van der Waals surface area (Å²) in [5, 5.41) is 24.4. The van der Waals surface area contributed by atoms with Crippen molar-refractivity contribution in [2.24, 2.45) is 5.92 Å². The maximum atomic E-state index is 13.2. The van der Waals surface area contributed by atoms with Crippen molar-refractivity contribution in [3.05, 3.63) is 81.8 Å². The zero-order chi connectivity index (χ0) is 25.0. The van der Waals surface area contributed by atoms with Gasteiger partial charge in [-0.3, -0.25) is 4.79 Å². The summed E-state index contributed by atoms with van der Waals surface area (Å²) in [7, 11) is 4.11. The van der Waals surface area contributed by atoms with Gasteiger partial charge in [0, 0.05) is 16.5 Å². The van der Waals surface area contributed by atoms with Gasteiger partial charge in [-0.2, -0.15) is 4.98 Å². The van der Waals surface area contributed by atoms with E-state index >= 15 is 0 Å². The number of halogens is 1. The molecule has 2 aliphatic rings. The summed E-state index contributed by atoms with van der Waals surface area (Å²) in [4.78, 5) is 17.5. The highest BCUT2D eigenvalue weighted by Gasteiger charge is 2.78. The molecular weight excluding hydrogens is 518 g/mol. The molecule has 0 radical (unpaired) electrons. The number of pyridine rings is 1. The topological polar surface area (TPSA) is 107 Å². The summed E-state index contributed by atoms with van der Waals surface area (Å²) >= 11 is 3.45. The first-order chi connectivity index (χ1) is 16.8. The van der Waals surface area contributed by atoms with Crippen LogP contribution in [-0.4, -0.2) is 48.6 Å². The number of aromatic nitrogens is 1. The minimum absolute atomic E-state index is 0.0252. The molecule has 0 bridgehead atoms. The van der Waals surface area contributed by atoms with Crippen LogP contribution >= 0.6 is 15.9 Å². The van der Waals surface area contributed by atoms with Crippen molar-refractivity contribution in [1.82, 2.24) is 4.98 Å². The van der Waals surface area contributed by atoms with Gasteiger partial charge in [0.25, 0.3) is 0 Å². The first-order valence-corrected chi connectivity index (χ1v) is 11.7. The normalized spacial score (nSPS) is 28.6.